The van der Waals surface area contributed by atoms with E-state index in [-0.39, 0.29) is 55.8 Å². The summed E-state index contributed by atoms with van der Waals surface area (Å²) in [5, 5.41) is 25.8. The molecule has 0 radical (unpaired) electrons. The zero-order valence-electron chi connectivity index (χ0n) is 24.2. The lowest BCUT2D eigenvalue weighted by Crippen LogP contribution is -2.76. The highest BCUT2D eigenvalue weighted by Gasteiger charge is 2.72. The molecule has 1 aromatic rings. The SMILES string of the molecule is COCCOCC12Cc3c(C(C)C)ccc(O)c3C(=O)C1C(=O)C1(O)C(=O)C(C(N)=O)C(=O)C(NCC(C)C)C1C2. The Morgan fingerprint density at radius 3 is 2.39 bits per heavy atom. The topological polar surface area (TPSA) is 182 Å². The van der Waals surface area contributed by atoms with E-state index in [9.17, 15) is 34.2 Å². The van der Waals surface area contributed by atoms with Crippen LogP contribution in [0.15, 0.2) is 12.1 Å². The number of aliphatic hydroxyl groups is 1. The number of methoxy groups -OCH3 is 1. The van der Waals surface area contributed by atoms with Gasteiger partial charge in [0.05, 0.1) is 37.3 Å². The fraction of sp³-hybridized carbons (Fsp3) is 0.633. The van der Waals surface area contributed by atoms with Crippen molar-refractivity contribution in [1.29, 1.82) is 0 Å². The molecule has 0 aliphatic heterocycles. The highest BCUT2D eigenvalue weighted by Crippen LogP contribution is 2.57. The predicted octanol–water partition coefficient (Wildman–Crippen LogP) is 0.708. The molecule has 5 N–H and O–H groups in total. The van der Waals surface area contributed by atoms with E-state index in [0.717, 1.165) is 5.56 Å². The van der Waals surface area contributed by atoms with Crippen molar-refractivity contribution in [2.24, 2.45) is 34.8 Å². The minimum atomic E-state index is -2.82. The van der Waals surface area contributed by atoms with Crippen LogP contribution in [-0.4, -0.2) is 84.4 Å². The van der Waals surface area contributed by atoms with Crippen molar-refractivity contribution in [2.45, 2.75) is 58.1 Å². The number of aromatic hydroxyl groups is 1. The first kappa shape index (κ1) is 31.0. The first-order valence-electron chi connectivity index (χ1n) is 14.1. The second kappa shape index (κ2) is 11.4. The Bertz CT molecular complexity index is 1270. The number of primary amides is 1. The average molecular weight is 573 g/mol. The van der Waals surface area contributed by atoms with Gasteiger partial charge in [-0.3, -0.25) is 24.0 Å². The Morgan fingerprint density at radius 2 is 1.80 bits per heavy atom. The van der Waals surface area contributed by atoms with Crippen LogP contribution in [0.5, 0.6) is 5.75 Å². The molecule has 11 heteroatoms. The Labute approximate surface area is 239 Å². The van der Waals surface area contributed by atoms with Crippen LogP contribution in [0.25, 0.3) is 0 Å². The number of carbonyl (C=O) groups excluding carboxylic acids is 5. The minimum absolute atomic E-state index is 0.0222. The van der Waals surface area contributed by atoms with Crippen LogP contribution in [0.2, 0.25) is 0 Å². The molecule has 6 unspecified atom stereocenters. The number of phenols is 1. The molecular formula is C30H40N2O9. The predicted molar refractivity (Wildman–Crippen MR) is 146 cm³/mol. The molecule has 0 bridgehead atoms. The molecule has 0 spiro atoms. The lowest BCUT2D eigenvalue weighted by Gasteiger charge is -2.56. The van der Waals surface area contributed by atoms with Gasteiger partial charge in [-0.25, -0.2) is 0 Å². The van der Waals surface area contributed by atoms with Gasteiger partial charge < -0.3 is 30.7 Å². The minimum Gasteiger partial charge on any atom is -0.507 e. The van der Waals surface area contributed by atoms with Gasteiger partial charge in [-0.1, -0.05) is 33.8 Å². The van der Waals surface area contributed by atoms with Crippen molar-refractivity contribution in [2.75, 3.05) is 33.5 Å². The van der Waals surface area contributed by atoms with Gasteiger partial charge in [0.1, 0.15) is 5.75 Å². The molecule has 3 aliphatic rings. The molecule has 224 valence electrons. The van der Waals surface area contributed by atoms with Crippen LogP contribution in [0.1, 0.15) is 61.5 Å². The zero-order chi connectivity index (χ0) is 30.4. The van der Waals surface area contributed by atoms with E-state index >= 15 is 0 Å². The third-order valence-electron chi connectivity index (χ3n) is 8.88. The maximum Gasteiger partial charge on any atom is 0.235 e. The van der Waals surface area contributed by atoms with Crippen molar-refractivity contribution in [1.82, 2.24) is 5.32 Å². The van der Waals surface area contributed by atoms with Crippen LogP contribution < -0.4 is 11.1 Å². The van der Waals surface area contributed by atoms with E-state index in [0.29, 0.717) is 12.1 Å². The number of hydrogen-bond donors (Lipinski definition) is 4. The van der Waals surface area contributed by atoms with Crippen molar-refractivity contribution in [3.8, 4) is 5.75 Å². The molecule has 1 amide bonds. The summed E-state index contributed by atoms with van der Waals surface area (Å²) in [6.07, 6.45) is 0.0223. The van der Waals surface area contributed by atoms with E-state index < -0.39 is 63.9 Å². The lowest BCUT2D eigenvalue weighted by atomic mass is 9.47. The Hall–Kier alpha value is -2.99. The maximum absolute atomic E-state index is 14.4. The summed E-state index contributed by atoms with van der Waals surface area (Å²) >= 11 is 0. The second-order valence-electron chi connectivity index (χ2n) is 12.4. The summed E-state index contributed by atoms with van der Waals surface area (Å²) in [7, 11) is 1.51. The van der Waals surface area contributed by atoms with Gasteiger partial charge in [0.15, 0.2) is 34.7 Å². The summed E-state index contributed by atoms with van der Waals surface area (Å²) in [4.78, 5) is 68.1. The maximum atomic E-state index is 14.4. The van der Waals surface area contributed by atoms with Crippen LogP contribution in [0.3, 0.4) is 0 Å². The van der Waals surface area contributed by atoms with Crippen LogP contribution in [-0.2, 0) is 35.1 Å². The highest BCUT2D eigenvalue weighted by atomic mass is 16.5. The van der Waals surface area contributed by atoms with Crippen molar-refractivity contribution < 1.29 is 43.7 Å². The number of nitrogens with one attached hydrogen (secondary N) is 1. The smallest absolute Gasteiger partial charge is 0.235 e. The molecule has 4 rings (SSSR count). The molecule has 0 heterocycles. The number of carbonyl (C=O) groups is 5. The van der Waals surface area contributed by atoms with Crippen LogP contribution in [0.4, 0.5) is 0 Å². The number of amides is 1. The first-order valence-corrected chi connectivity index (χ1v) is 14.1. The molecule has 6 atom stereocenters. The zero-order valence-corrected chi connectivity index (χ0v) is 24.2. The fourth-order valence-electron chi connectivity index (χ4n) is 6.99. The molecule has 0 saturated heterocycles. The van der Waals surface area contributed by atoms with Gasteiger partial charge in [0.25, 0.3) is 0 Å². The summed E-state index contributed by atoms with van der Waals surface area (Å²) < 4.78 is 11.0. The van der Waals surface area contributed by atoms with Crippen molar-refractivity contribution >= 4 is 29.0 Å². The number of benzene rings is 1. The largest absolute Gasteiger partial charge is 0.507 e. The van der Waals surface area contributed by atoms with E-state index in [4.69, 9.17) is 15.2 Å². The van der Waals surface area contributed by atoms with Gasteiger partial charge in [-0.15, -0.1) is 0 Å². The summed E-state index contributed by atoms with van der Waals surface area (Å²) in [5.74, 6) is -10.4. The van der Waals surface area contributed by atoms with Crippen LogP contribution in [0, 0.1) is 29.1 Å². The molecule has 41 heavy (non-hydrogen) atoms. The molecule has 11 nitrogen and oxygen atoms in total. The Kier molecular flexibility index (Phi) is 8.57. The number of Topliss-reactive ketones (excluding diaryl/α,β-unsaturated/α-hetero) is 4. The third kappa shape index (κ3) is 4.92. The summed E-state index contributed by atoms with van der Waals surface area (Å²) in [6.45, 7) is 8.29. The van der Waals surface area contributed by atoms with Crippen molar-refractivity contribution in [3.05, 3.63) is 28.8 Å². The standard InChI is InChI=1S/C30H40N2O9/c1-14(2)12-32-23-18-11-29(13-41-9-8-40-5)10-17-16(15(3)4)6-7-19(33)20(17)24(34)22(29)27(37)30(18,39)26(36)21(25(23)35)28(31)38/h6-7,14-15,18,21-23,32-33,39H,8-13H2,1-5H3,(H2,31,38). The molecule has 1 aromatic carbocycles. The number of phenolic OH excluding ortho intramolecular Hbond substituents is 1. The first-order chi connectivity index (χ1) is 19.2. The van der Waals surface area contributed by atoms with Gasteiger partial charge in [0, 0.05) is 18.4 Å². The lowest BCUT2D eigenvalue weighted by molar-refractivity contribution is -0.186. The quantitative estimate of drug-likeness (QED) is 0.230. The number of ether oxygens (including phenoxy) is 2. The summed E-state index contributed by atoms with van der Waals surface area (Å²) in [6, 6.07) is 1.90. The van der Waals surface area contributed by atoms with Gasteiger partial charge >= 0.3 is 0 Å². The molecule has 2 saturated carbocycles. The number of hydrogen-bond acceptors (Lipinski definition) is 10. The third-order valence-corrected chi connectivity index (χ3v) is 8.88. The number of fused-ring (bicyclic) bond motifs is 3. The normalized spacial score (nSPS) is 31.3. The number of rotatable bonds is 10. The average Bonchev–Trinajstić information content (AvgIpc) is 2.88. The molecule has 3 aliphatic carbocycles. The van der Waals surface area contributed by atoms with E-state index in [1.54, 1.807) is 6.07 Å². The van der Waals surface area contributed by atoms with E-state index in [2.05, 4.69) is 5.32 Å². The Morgan fingerprint density at radius 1 is 1.12 bits per heavy atom. The molecule has 2 fully saturated rings. The van der Waals surface area contributed by atoms with Gasteiger partial charge in [-0.05, 0) is 48.4 Å². The monoisotopic (exact) mass is 572 g/mol. The second-order valence-corrected chi connectivity index (χ2v) is 12.4. The van der Waals surface area contributed by atoms with Gasteiger partial charge in [-0.2, -0.15) is 0 Å². The van der Waals surface area contributed by atoms with Crippen LogP contribution >= 0.6 is 0 Å². The summed E-state index contributed by atoms with van der Waals surface area (Å²) in [5.41, 5.74) is 2.73. The number of ketones is 4. The van der Waals surface area contributed by atoms with E-state index in [1.165, 1.54) is 13.2 Å². The van der Waals surface area contributed by atoms with Gasteiger partial charge in [0.2, 0.25) is 5.91 Å². The van der Waals surface area contributed by atoms with E-state index in [1.807, 2.05) is 27.7 Å². The molecule has 0 aromatic heterocycles. The highest BCUT2D eigenvalue weighted by molar-refractivity contribution is 6.32. The van der Waals surface area contributed by atoms with Crippen molar-refractivity contribution in [3.63, 3.8) is 0 Å². The number of nitrogens with two attached hydrogens (primary N) is 1. The Balaban J connectivity index is 1.93. The fourth-order valence-corrected chi connectivity index (χ4v) is 6.99. The molecular weight excluding hydrogens is 532 g/mol.